The molecule has 7 heteroatoms. The Labute approximate surface area is 149 Å². The van der Waals surface area contributed by atoms with Crippen molar-refractivity contribution in [2.75, 3.05) is 56.5 Å². The van der Waals surface area contributed by atoms with Crippen LogP contribution in [0.3, 0.4) is 0 Å². The maximum Gasteiger partial charge on any atom is 0.272 e. The highest BCUT2D eigenvalue weighted by Crippen LogP contribution is 2.22. The largest absolute Gasteiger partial charge is 0.373 e. The molecule has 25 heavy (non-hydrogen) atoms. The fraction of sp³-hybridized carbons (Fsp3) is 0.611. The van der Waals surface area contributed by atoms with Gasteiger partial charge in [0.1, 0.15) is 17.3 Å². The molecule has 136 valence electrons. The number of nitrogens with zero attached hydrogens (tertiary/aromatic N) is 3. The summed E-state index contributed by atoms with van der Waals surface area (Å²) in [5.41, 5.74) is 0.589. The number of anilines is 2. The van der Waals surface area contributed by atoms with Gasteiger partial charge < -0.3 is 20.4 Å². The Morgan fingerprint density at radius 1 is 1.12 bits per heavy atom. The van der Waals surface area contributed by atoms with Crippen molar-refractivity contribution in [3.05, 3.63) is 17.7 Å². The topological polar surface area (TPSA) is 84.4 Å². The third-order valence-corrected chi connectivity index (χ3v) is 4.93. The molecule has 2 aliphatic heterocycles. The average molecular weight is 344 g/mol. The standard InChI is InChI=1S/C18H28N6O/c1-20-17-14(16(19)18(25)24-12-8-21-9-13-24)6-7-15(22-17)23-10-4-2-3-5-11-23/h6-7,19,21H,2-5,8-13H2,1H3,(H,20,22). The van der Waals surface area contributed by atoms with E-state index in [0.29, 0.717) is 24.5 Å². The van der Waals surface area contributed by atoms with Gasteiger partial charge in [0.15, 0.2) is 0 Å². The Hall–Kier alpha value is -2.15. The molecule has 2 aliphatic rings. The van der Waals surface area contributed by atoms with Gasteiger partial charge in [-0.25, -0.2) is 4.98 Å². The lowest BCUT2D eigenvalue weighted by molar-refractivity contribution is -0.124. The number of amides is 1. The summed E-state index contributed by atoms with van der Waals surface area (Å²) in [6.07, 6.45) is 4.93. The molecule has 1 aromatic heterocycles. The smallest absolute Gasteiger partial charge is 0.272 e. The molecule has 1 amide bonds. The molecule has 3 rings (SSSR count). The summed E-state index contributed by atoms with van der Waals surface area (Å²) < 4.78 is 0. The minimum Gasteiger partial charge on any atom is -0.373 e. The van der Waals surface area contributed by atoms with Crippen molar-refractivity contribution < 1.29 is 4.79 Å². The predicted molar refractivity (Wildman–Crippen MR) is 101 cm³/mol. The van der Waals surface area contributed by atoms with Crippen molar-refractivity contribution >= 4 is 23.3 Å². The van der Waals surface area contributed by atoms with E-state index in [-0.39, 0.29) is 11.6 Å². The summed E-state index contributed by atoms with van der Waals surface area (Å²) in [6.45, 7) is 4.90. The third-order valence-electron chi connectivity index (χ3n) is 4.93. The molecule has 0 unspecified atom stereocenters. The number of pyridine rings is 1. The van der Waals surface area contributed by atoms with Crippen LogP contribution in [0, 0.1) is 5.41 Å². The number of hydrogen-bond acceptors (Lipinski definition) is 6. The molecule has 0 aromatic carbocycles. The SMILES string of the molecule is CNc1nc(N2CCCCCC2)ccc1C(=N)C(=O)N1CCNCC1. The zero-order valence-electron chi connectivity index (χ0n) is 15.0. The van der Waals surface area contributed by atoms with Crippen molar-refractivity contribution in [2.24, 2.45) is 0 Å². The molecule has 3 heterocycles. The molecule has 0 bridgehead atoms. The van der Waals surface area contributed by atoms with Crippen LogP contribution < -0.4 is 15.5 Å². The molecule has 2 saturated heterocycles. The van der Waals surface area contributed by atoms with E-state index in [1.54, 1.807) is 11.9 Å². The normalized spacial score (nSPS) is 18.6. The Balaban J connectivity index is 1.78. The lowest BCUT2D eigenvalue weighted by atomic mass is 10.1. The van der Waals surface area contributed by atoms with Gasteiger partial charge in [-0.2, -0.15) is 0 Å². The van der Waals surface area contributed by atoms with Crippen LogP contribution in [-0.4, -0.2) is 67.8 Å². The number of carbonyl (C=O) groups is 1. The maximum absolute atomic E-state index is 12.6. The molecular weight excluding hydrogens is 316 g/mol. The number of rotatable bonds is 4. The molecule has 2 fully saturated rings. The molecular formula is C18H28N6O. The van der Waals surface area contributed by atoms with Crippen LogP contribution in [0.1, 0.15) is 31.2 Å². The quantitative estimate of drug-likeness (QED) is 0.717. The van der Waals surface area contributed by atoms with Gasteiger partial charge in [0.25, 0.3) is 5.91 Å². The molecule has 7 nitrogen and oxygen atoms in total. The predicted octanol–water partition coefficient (Wildman–Crippen LogP) is 1.30. The van der Waals surface area contributed by atoms with E-state index in [1.807, 2.05) is 12.1 Å². The zero-order valence-corrected chi connectivity index (χ0v) is 15.0. The first kappa shape index (κ1) is 17.7. The summed E-state index contributed by atoms with van der Waals surface area (Å²) in [5.74, 6) is 1.31. The lowest BCUT2D eigenvalue weighted by Gasteiger charge is -2.28. The van der Waals surface area contributed by atoms with Crippen LogP contribution in [0.4, 0.5) is 11.6 Å². The first-order chi connectivity index (χ1) is 12.2. The van der Waals surface area contributed by atoms with Crippen molar-refractivity contribution in [1.82, 2.24) is 15.2 Å². The fourth-order valence-corrected chi connectivity index (χ4v) is 3.46. The van der Waals surface area contributed by atoms with Gasteiger partial charge in [-0.1, -0.05) is 12.8 Å². The minimum absolute atomic E-state index is 0.0150. The number of nitrogens with one attached hydrogen (secondary N) is 3. The van der Waals surface area contributed by atoms with E-state index in [2.05, 4.69) is 15.5 Å². The van der Waals surface area contributed by atoms with Crippen LogP contribution >= 0.6 is 0 Å². The van der Waals surface area contributed by atoms with E-state index in [0.717, 1.165) is 32.0 Å². The zero-order chi connectivity index (χ0) is 17.6. The third kappa shape index (κ3) is 4.10. The molecule has 0 atom stereocenters. The Morgan fingerprint density at radius 3 is 2.44 bits per heavy atom. The van der Waals surface area contributed by atoms with Gasteiger partial charge >= 0.3 is 0 Å². The first-order valence-corrected chi connectivity index (χ1v) is 9.23. The summed E-state index contributed by atoms with van der Waals surface area (Å²) in [5, 5.41) is 14.7. The average Bonchev–Trinajstić information content (AvgIpc) is 2.96. The van der Waals surface area contributed by atoms with Crippen LogP contribution in [0.5, 0.6) is 0 Å². The van der Waals surface area contributed by atoms with Crippen molar-refractivity contribution in [2.45, 2.75) is 25.7 Å². The Bertz CT molecular complexity index is 618. The van der Waals surface area contributed by atoms with E-state index in [4.69, 9.17) is 10.4 Å². The number of hydrogen-bond donors (Lipinski definition) is 3. The molecule has 3 N–H and O–H groups in total. The summed E-state index contributed by atoms with van der Waals surface area (Å²) in [6, 6.07) is 3.81. The monoisotopic (exact) mass is 344 g/mol. The summed E-state index contributed by atoms with van der Waals surface area (Å²) >= 11 is 0. The van der Waals surface area contributed by atoms with Crippen molar-refractivity contribution in [1.29, 1.82) is 5.41 Å². The van der Waals surface area contributed by atoms with Gasteiger partial charge in [0.05, 0.1) is 0 Å². The minimum atomic E-state index is -0.220. The second-order valence-corrected chi connectivity index (χ2v) is 6.63. The van der Waals surface area contributed by atoms with E-state index < -0.39 is 0 Å². The van der Waals surface area contributed by atoms with E-state index >= 15 is 0 Å². The van der Waals surface area contributed by atoms with E-state index in [1.165, 1.54) is 25.7 Å². The Kier molecular flexibility index (Phi) is 5.86. The van der Waals surface area contributed by atoms with E-state index in [9.17, 15) is 4.79 Å². The van der Waals surface area contributed by atoms with Crippen LogP contribution in [0.2, 0.25) is 0 Å². The highest BCUT2D eigenvalue weighted by Gasteiger charge is 2.24. The Morgan fingerprint density at radius 2 is 1.80 bits per heavy atom. The molecule has 1 aromatic rings. The van der Waals surface area contributed by atoms with Crippen molar-refractivity contribution in [3.63, 3.8) is 0 Å². The van der Waals surface area contributed by atoms with Gasteiger partial charge in [-0.05, 0) is 25.0 Å². The molecule has 0 aliphatic carbocycles. The number of piperazine rings is 1. The highest BCUT2D eigenvalue weighted by molar-refractivity contribution is 6.45. The molecule has 0 saturated carbocycles. The lowest BCUT2D eigenvalue weighted by Crippen LogP contribution is -2.48. The van der Waals surface area contributed by atoms with Gasteiger partial charge in [-0.15, -0.1) is 0 Å². The fourth-order valence-electron chi connectivity index (χ4n) is 3.46. The van der Waals surface area contributed by atoms with Crippen LogP contribution in [0.15, 0.2) is 12.1 Å². The molecule has 0 spiro atoms. The second kappa shape index (κ2) is 8.29. The first-order valence-electron chi connectivity index (χ1n) is 9.23. The maximum atomic E-state index is 12.6. The van der Waals surface area contributed by atoms with Crippen LogP contribution in [0.25, 0.3) is 0 Å². The van der Waals surface area contributed by atoms with Gasteiger partial charge in [0.2, 0.25) is 0 Å². The van der Waals surface area contributed by atoms with Crippen molar-refractivity contribution in [3.8, 4) is 0 Å². The van der Waals surface area contributed by atoms with Crippen LogP contribution in [-0.2, 0) is 4.79 Å². The summed E-state index contributed by atoms with van der Waals surface area (Å²) in [7, 11) is 1.79. The van der Waals surface area contributed by atoms with Gasteiger partial charge in [-0.3, -0.25) is 10.2 Å². The highest BCUT2D eigenvalue weighted by atomic mass is 16.2. The summed E-state index contributed by atoms with van der Waals surface area (Å²) in [4.78, 5) is 21.3. The number of carbonyl (C=O) groups excluding carboxylic acids is 1. The second-order valence-electron chi connectivity index (χ2n) is 6.63. The molecule has 0 radical (unpaired) electrons. The number of aromatic nitrogens is 1. The van der Waals surface area contributed by atoms with Gasteiger partial charge in [0, 0.05) is 51.9 Å².